The van der Waals surface area contributed by atoms with Crippen molar-refractivity contribution in [1.29, 1.82) is 0 Å². The molecule has 3 aromatic rings. The van der Waals surface area contributed by atoms with Gasteiger partial charge in [-0.05, 0) is 49.7 Å². The number of para-hydroxylation sites is 1. The lowest BCUT2D eigenvalue weighted by Gasteiger charge is -2.09. The van der Waals surface area contributed by atoms with Gasteiger partial charge in [-0.25, -0.2) is 4.79 Å². The molecule has 0 saturated heterocycles. The highest BCUT2D eigenvalue weighted by Crippen LogP contribution is 2.20. The van der Waals surface area contributed by atoms with E-state index in [1.807, 2.05) is 49.4 Å². The van der Waals surface area contributed by atoms with E-state index >= 15 is 0 Å². The van der Waals surface area contributed by atoms with Crippen LogP contribution in [0.5, 0.6) is 0 Å². The Bertz CT molecular complexity index is 986. The Morgan fingerprint density at radius 3 is 2.56 bits per heavy atom. The number of hydrogen-bond donors (Lipinski definition) is 1. The Labute approximate surface area is 164 Å². The van der Waals surface area contributed by atoms with Crippen molar-refractivity contribution in [2.45, 2.75) is 13.8 Å². The van der Waals surface area contributed by atoms with Gasteiger partial charge < -0.3 is 10.1 Å². The predicted octanol–water partition coefficient (Wildman–Crippen LogP) is 3.44. The van der Waals surface area contributed by atoms with Crippen molar-refractivity contribution in [3.8, 4) is 5.69 Å². The molecule has 8 heteroatoms. The minimum atomic E-state index is -0.697. The lowest BCUT2D eigenvalue weighted by Crippen LogP contribution is -2.21. The molecule has 2 aromatic carbocycles. The van der Waals surface area contributed by atoms with Crippen molar-refractivity contribution < 1.29 is 14.3 Å². The molecule has 0 aliphatic rings. The van der Waals surface area contributed by atoms with Gasteiger partial charge in [-0.3, -0.25) is 4.79 Å². The zero-order chi connectivity index (χ0) is 19.4. The third-order valence-electron chi connectivity index (χ3n) is 3.76. The second kappa shape index (κ2) is 8.13. The fraction of sp³-hybridized carbons (Fsp3) is 0.158. The number of hydrogen-bond acceptors (Lipinski definition) is 5. The van der Waals surface area contributed by atoms with E-state index in [0.717, 1.165) is 15.7 Å². The van der Waals surface area contributed by atoms with Gasteiger partial charge in [0.05, 0.1) is 11.4 Å². The maximum atomic E-state index is 12.3. The first-order chi connectivity index (χ1) is 12.9. The van der Waals surface area contributed by atoms with Crippen LogP contribution in [-0.2, 0) is 9.53 Å². The molecule has 1 N–H and O–H groups in total. The third-order valence-corrected chi connectivity index (χ3v) is 4.25. The number of esters is 1. The number of anilines is 1. The smallest absolute Gasteiger partial charge is 0.361 e. The molecule has 0 radical (unpaired) electrons. The fourth-order valence-electron chi connectivity index (χ4n) is 2.40. The van der Waals surface area contributed by atoms with Crippen molar-refractivity contribution in [2.75, 3.05) is 11.9 Å². The molecular formula is C19H17BrN4O3. The number of nitrogens with one attached hydrogen (secondary N) is 1. The standard InChI is InChI=1S/C19H17BrN4O3/c1-12-10-14(20)8-9-16(12)21-17(25)11-27-19(26)18-13(2)22-24(23-18)15-6-4-3-5-7-15/h3-10H,11H2,1-2H3,(H,21,25). The molecule has 0 saturated carbocycles. The summed E-state index contributed by atoms with van der Waals surface area (Å²) < 4.78 is 6.00. The first kappa shape index (κ1) is 18.8. The molecule has 0 aliphatic heterocycles. The molecule has 3 rings (SSSR count). The van der Waals surface area contributed by atoms with Gasteiger partial charge in [-0.2, -0.15) is 9.90 Å². The quantitative estimate of drug-likeness (QED) is 0.628. The number of amides is 1. The Morgan fingerprint density at radius 2 is 1.85 bits per heavy atom. The average Bonchev–Trinajstić information content (AvgIpc) is 3.05. The Hall–Kier alpha value is -3.00. The van der Waals surface area contributed by atoms with Gasteiger partial charge in [0, 0.05) is 10.2 Å². The maximum absolute atomic E-state index is 12.3. The molecule has 0 atom stereocenters. The van der Waals surface area contributed by atoms with Crippen molar-refractivity contribution in [3.63, 3.8) is 0 Å². The van der Waals surface area contributed by atoms with Crippen LogP contribution in [0.2, 0.25) is 0 Å². The maximum Gasteiger partial charge on any atom is 0.361 e. The van der Waals surface area contributed by atoms with Crippen LogP contribution in [0.25, 0.3) is 5.69 Å². The number of nitrogens with zero attached hydrogens (tertiary/aromatic N) is 3. The van der Waals surface area contributed by atoms with Crippen molar-refractivity contribution in [2.24, 2.45) is 0 Å². The second-order valence-corrected chi connectivity index (χ2v) is 6.76. The molecule has 1 amide bonds. The average molecular weight is 429 g/mol. The summed E-state index contributed by atoms with van der Waals surface area (Å²) in [5.74, 6) is -1.13. The lowest BCUT2D eigenvalue weighted by molar-refractivity contribution is -0.119. The number of halogens is 1. The van der Waals surface area contributed by atoms with Gasteiger partial charge in [0.1, 0.15) is 0 Å². The number of aryl methyl sites for hydroxylation is 2. The van der Waals surface area contributed by atoms with Crippen LogP contribution in [0, 0.1) is 13.8 Å². The molecular weight excluding hydrogens is 412 g/mol. The highest BCUT2D eigenvalue weighted by atomic mass is 79.9. The van der Waals surface area contributed by atoms with Gasteiger partial charge >= 0.3 is 5.97 Å². The first-order valence-electron chi connectivity index (χ1n) is 8.16. The van der Waals surface area contributed by atoms with Crippen LogP contribution in [0.4, 0.5) is 5.69 Å². The van der Waals surface area contributed by atoms with E-state index in [4.69, 9.17) is 4.74 Å². The fourth-order valence-corrected chi connectivity index (χ4v) is 2.87. The van der Waals surface area contributed by atoms with Crippen molar-refractivity contribution in [1.82, 2.24) is 15.0 Å². The van der Waals surface area contributed by atoms with Gasteiger partial charge in [0.15, 0.2) is 12.3 Å². The Kier molecular flexibility index (Phi) is 5.66. The molecule has 27 heavy (non-hydrogen) atoms. The van der Waals surface area contributed by atoms with Gasteiger partial charge in [-0.1, -0.05) is 34.1 Å². The molecule has 0 fully saturated rings. The summed E-state index contributed by atoms with van der Waals surface area (Å²) in [4.78, 5) is 25.7. The summed E-state index contributed by atoms with van der Waals surface area (Å²) in [5.41, 5.74) is 2.78. The van der Waals surface area contributed by atoms with Crippen LogP contribution < -0.4 is 5.32 Å². The van der Waals surface area contributed by atoms with Crippen LogP contribution in [-0.4, -0.2) is 33.5 Å². The van der Waals surface area contributed by atoms with Gasteiger partial charge in [-0.15, -0.1) is 5.10 Å². The summed E-state index contributed by atoms with van der Waals surface area (Å²) in [6, 6.07) is 14.7. The topological polar surface area (TPSA) is 86.1 Å². The lowest BCUT2D eigenvalue weighted by atomic mass is 10.2. The van der Waals surface area contributed by atoms with Crippen LogP contribution in [0.3, 0.4) is 0 Å². The Balaban J connectivity index is 1.62. The summed E-state index contributed by atoms with van der Waals surface area (Å²) in [6.07, 6.45) is 0. The summed E-state index contributed by atoms with van der Waals surface area (Å²) >= 11 is 3.37. The van der Waals surface area contributed by atoms with Gasteiger partial charge in [0.2, 0.25) is 0 Å². The van der Waals surface area contributed by atoms with E-state index < -0.39 is 18.5 Å². The van der Waals surface area contributed by atoms with E-state index in [-0.39, 0.29) is 5.69 Å². The normalized spacial score (nSPS) is 10.5. The molecule has 7 nitrogen and oxygen atoms in total. The summed E-state index contributed by atoms with van der Waals surface area (Å²) in [7, 11) is 0. The number of ether oxygens (including phenoxy) is 1. The van der Waals surface area contributed by atoms with E-state index in [2.05, 4.69) is 31.4 Å². The zero-order valence-corrected chi connectivity index (χ0v) is 16.4. The SMILES string of the molecule is Cc1cc(Br)ccc1NC(=O)COC(=O)c1nn(-c2ccccc2)nc1C. The van der Waals surface area contributed by atoms with Crippen molar-refractivity contribution in [3.05, 3.63) is 70.0 Å². The second-order valence-electron chi connectivity index (χ2n) is 5.84. The summed E-state index contributed by atoms with van der Waals surface area (Å²) in [6.45, 7) is 3.12. The minimum absolute atomic E-state index is 0.0754. The van der Waals surface area contributed by atoms with E-state index in [9.17, 15) is 9.59 Å². The number of benzene rings is 2. The van der Waals surface area contributed by atoms with Gasteiger partial charge in [0.25, 0.3) is 5.91 Å². The molecule has 138 valence electrons. The Morgan fingerprint density at radius 1 is 1.11 bits per heavy atom. The van der Waals surface area contributed by atoms with E-state index in [0.29, 0.717) is 11.4 Å². The van der Waals surface area contributed by atoms with Crippen molar-refractivity contribution >= 4 is 33.5 Å². The van der Waals surface area contributed by atoms with Crippen LogP contribution in [0.15, 0.2) is 53.0 Å². The highest BCUT2D eigenvalue weighted by Gasteiger charge is 2.19. The van der Waals surface area contributed by atoms with Crippen LogP contribution in [0.1, 0.15) is 21.7 Å². The third kappa shape index (κ3) is 4.59. The predicted molar refractivity (Wildman–Crippen MR) is 104 cm³/mol. The largest absolute Gasteiger partial charge is 0.451 e. The van der Waals surface area contributed by atoms with E-state index in [1.165, 1.54) is 4.80 Å². The number of rotatable bonds is 5. The van der Waals surface area contributed by atoms with E-state index in [1.54, 1.807) is 13.0 Å². The number of carbonyl (C=O) groups is 2. The monoisotopic (exact) mass is 428 g/mol. The highest BCUT2D eigenvalue weighted by molar-refractivity contribution is 9.10. The molecule has 1 heterocycles. The molecule has 0 spiro atoms. The molecule has 0 bridgehead atoms. The first-order valence-corrected chi connectivity index (χ1v) is 8.96. The minimum Gasteiger partial charge on any atom is -0.451 e. The molecule has 0 aliphatic carbocycles. The molecule has 0 unspecified atom stereocenters. The van der Waals surface area contributed by atoms with Crippen LogP contribution >= 0.6 is 15.9 Å². The number of carbonyl (C=O) groups excluding carboxylic acids is 2. The zero-order valence-electron chi connectivity index (χ0n) is 14.8. The molecule has 1 aromatic heterocycles. The number of aromatic nitrogens is 3. The summed E-state index contributed by atoms with van der Waals surface area (Å²) in [5, 5.41) is 11.1.